The minimum atomic E-state index is -0.0141. The molecule has 3 aromatic rings. The molecule has 3 fully saturated rings. The van der Waals surface area contributed by atoms with Crippen molar-refractivity contribution in [1.29, 1.82) is 0 Å². The second-order valence-corrected chi connectivity index (χ2v) is 12.9. The number of aromatic amines is 1. The van der Waals surface area contributed by atoms with E-state index in [1.807, 2.05) is 11.1 Å². The van der Waals surface area contributed by atoms with Crippen LogP contribution in [0.5, 0.6) is 6.01 Å². The van der Waals surface area contributed by atoms with Crippen LogP contribution in [0, 0.1) is 6.92 Å². The molecule has 1 amide bonds. The van der Waals surface area contributed by atoms with Crippen LogP contribution in [-0.2, 0) is 17.8 Å². The largest absolute Gasteiger partial charge is 0.462 e. The molecular formula is C32H42N8O2. The van der Waals surface area contributed by atoms with Gasteiger partial charge in [0.1, 0.15) is 12.4 Å². The SMILES string of the molecule is C=CC(=O)N1C[C@H](C)N(c2nc(OC[C@@H]3CCCN3C)nc3c2CC2(CC2)N(c2c(C)ccc4[nH]ncc24)C3)C[C@H]1C. The second-order valence-electron chi connectivity index (χ2n) is 12.9. The molecule has 0 radical (unpaired) electrons. The maximum absolute atomic E-state index is 12.6. The molecule has 3 aliphatic heterocycles. The highest BCUT2D eigenvalue weighted by atomic mass is 16.5. The molecule has 1 aliphatic carbocycles. The van der Waals surface area contributed by atoms with Crippen molar-refractivity contribution in [3.8, 4) is 6.01 Å². The number of piperazine rings is 1. The molecule has 4 aliphatic rings. The third kappa shape index (κ3) is 4.51. The molecule has 1 N–H and O–H groups in total. The van der Waals surface area contributed by atoms with Gasteiger partial charge in [0, 0.05) is 54.1 Å². The predicted molar refractivity (Wildman–Crippen MR) is 164 cm³/mol. The van der Waals surface area contributed by atoms with Gasteiger partial charge in [0.05, 0.1) is 29.6 Å². The average molecular weight is 571 g/mol. The lowest BCUT2D eigenvalue weighted by atomic mass is 9.92. The van der Waals surface area contributed by atoms with Crippen LogP contribution in [0.2, 0.25) is 0 Å². The summed E-state index contributed by atoms with van der Waals surface area (Å²) in [6.07, 6.45) is 8.87. The Labute approximate surface area is 247 Å². The number of aromatic nitrogens is 4. The van der Waals surface area contributed by atoms with Gasteiger partial charge in [0.15, 0.2) is 0 Å². The molecule has 0 unspecified atom stereocenters. The number of H-pyrrole nitrogens is 1. The van der Waals surface area contributed by atoms with Crippen LogP contribution in [-0.4, -0.2) is 92.8 Å². The van der Waals surface area contributed by atoms with Crippen LogP contribution in [0.25, 0.3) is 10.9 Å². The Hall–Kier alpha value is -3.66. The van der Waals surface area contributed by atoms with E-state index >= 15 is 0 Å². The molecule has 2 saturated heterocycles. The predicted octanol–water partition coefficient (Wildman–Crippen LogP) is 3.84. The van der Waals surface area contributed by atoms with Crippen molar-refractivity contribution >= 4 is 28.3 Å². The number of benzene rings is 1. The summed E-state index contributed by atoms with van der Waals surface area (Å²) in [7, 11) is 2.17. The lowest BCUT2D eigenvalue weighted by Crippen LogP contribution is -2.58. The van der Waals surface area contributed by atoms with Crippen LogP contribution in [0.4, 0.5) is 11.5 Å². The lowest BCUT2D eigenvalue weighted by molar-refractivity contribution is -0.128. The first-order valence-corrected chi connectivity index (χ1v) is 15.4. The van der Waals surface area contributed by atoms with E-state index in [4.69, 9.17) is 14.7 Å². The number of carbonyl (C=O) groups excluding carboxylic acids is 1. The van der Waals surface area contributed by atoms with Gasteiger partial charge in [-0.3, -0.25) is 9.89 Å². The van der Waals surface area contributed by atoms with Crippen LogP contribution in [0.15, 0.2) is 31.0 Å². The van der Waals surface area contributed by atoms with Crippen LogP contribution in [0.3, 0.4) is 0 Å². The minimum Gasteiger partial charge on any atom is -0.462 e. The first kappa shape index (κ1) is 27.2. The molecule has 0 bridgehead atoms. The quantitative estimate of drug-likeness (QED) is 0.447. The molecule has 5 heterocycles. The number of likely N-dealkylation sites (tertiary alicyclic amines) is 1. The van der Waals surface area contributed by atoms with E-state index in [2.05, 4.69) is 71.4 Å². The molecule has 1 saturated carbocycles. The molecule has 222 valence electrons. The average Bonchev–Trinajstić information content (AvgIpc) is 3.36. The molecule has 1 spiro atoms. The van der Waals surface area contributed by atoms with E-state index in [0.29, 0.717) is 38.3 Å². The summed E-state index contributed by atoms with van der Waals surface area (Å²) in [5, 5.41) is 8.68. The maximum atomic E-state index is 12.6. The fourth-order valence-electron chi connectivity index (χ4n) is 7.43. The Morgan fingerprint density at radius 1 is 1.21 bits per heavy atom. The monoisotopic (exact) mass is 570 g/mol. The first-order chi connectivity index (χ1) is 20.3. The molecule has 2 aromatic heterocycles. The lowest BCUT2D eigenvalue weighted by Gasteiger charge is -2.46. The molecule has 3 atom stereocenters. The summed E-state index contributed by atoms with van der Waals surface area (Å²) in [6, 6.07) is 5.29. The smallest absolute Gasteiger partial charge is 0.318 e. The summed E-state index contributed by atoms with van der Waals surface area (Å²) < 4.78 is 6.38. The zero-order chi connectivity index (χ0) is 29.2. The van der Waals surface area contributed by atoms with E-state index in [9.17, 15) is 4.79 Å². The number of aryl methyl sites for hydroxylation is 1. The van der Waals surface area contributed by atoms with Crippen molar-refractivity contribution in [1.82, 2.24) is 30.0 Å². The van der Waals surface area contributed by atoms with E-state index in [1.165, 1.54) is 29.3 Å². The number of ether oxygens (including phenoxy) is 1. The number of nitrogens with one attached hydrogen (secondary N) is 1. The third-order valence-electron chi connectivity index (χ3n) is 10.1. The van der Waals surface area contributed by atoms with Gasteiger partial charge in [0.2, 0.25) is 5.91 Å². The number of hydrogen-bond donors (Lipinski definition) is 1. The maximum Gasteiger partial charge on any atom is 0.318 e. The zero-order valence-electron chi connectivity index (χ0n) is 25.3. The minimum absolute atomic E-state index is 0.0141. The van der Waals surface area contributed by atoms with E-state index in [0.717, 1.165) is 54.6 Å². The number of fused-ring (bicyclic) bond motifs is 2. The number of nitrogens with zero attached hydrogens (tertiary/aromatic N) is 7. The third-order valence-corrected chi connectivity index (χ3v) is 10.1. The number of carbonyl (C=O) groups is 1. The van der Waals surface area contributed by atoms with Crippen molar-refractivity contribution < 1.29 is 9.53 Å². The van der Waals surface area contributed by atoms with Crippen molar-refractivity contribution in [2.75, 3.05) is 43.1 Å². The Morgan fingerprint density at radius 3 is 2.79 bits per heavy atom. The molecule has 10 nitrogen and oxygen atoms in total. The molecular weight excluding hydrogens is 528 g/mol. The summed E-state index contributed by atoms with van der Waals surface area (Å²) >= 11 is 0. The summed E-state index contributed by atoms with van der Waals surface area (Å²) in [4.78, 5) is 32.1. The molecule has 42 heavy (non-hydrogen) atoms. The highest BCUT2D eigenvalue weighted by Gasteiger charge is 2.53. The number of hydrogen-bond acceptors (Lipinski definition) is 8. The standard InChI is InChI=1S/C32H42N8O2/c1-6-28(41)38-16-22(4)39(17-21(38)3)30-24-14-32(11-12-32)40(29-20(2)9-10-26-25(29)15-33-36-26)18-27(24)34-31(35-30)42-19-23-8-7-13-37(23)5/h6,9-10,15,21-23H,1,7-8,11-14,16-19H2,2-5H3,(H,33,36)/t21-,22+,23+/m1/s1. The highest BCUT2D eigenvalue weighted by molar-refractivity contribution is 5.94. The first-order valence-electron chi connectivity index (χ1n) is 15.4. The van der Waals surface area contributed by atoms with Crippen LogP contribution < -0.4 is 14.5 Å². The van der Waals surface area contributed by atoms with Gasteiger partial charge in [-0.15, -0.1) is 0 Å². The van der Waals surface area contributed by atoms with Gasteiger partial charge in [0.25, 0.3) is 0 Å². The summed E-state index contributed by atoms with van der Waals surface area (Å²) in [5.41, 5.74) is 5.87. The zero-order valence-corrected chi connectivity index (χ0v) is 25.3. The van der Waals surface area contributed by atoms with Crippen molar-refractivity contribution in [2.24, 2.45) is 0 Å². The van der Waals surface area contributed by atoms with E-state index in [1.54, 1.807) is 0 Å². The van der Waals surface area contributed by atoms with Crippen molar-refractivity contribution in [3.63, 3.8) is 0 Å². The van der Waals surface area contributed by atoms with Gasteiger partial charge in [-0.25, -0.2) is 0 Å². The van der Waals surface area contributed by atoms with Crippen LogP contribution in [0.1, 0.15) is 56.4 Å². The van der Waals surface area contributed by atoms with Gasteiger partial charge < -0.3 is 24.3 Å². The number of rotatable bonds is 6. The fraction of sp³-hybridized carbons (Fsp3) is 0.562. The van der Waals surface area contributed by atoms with Crippen molar-refractivity contribution in [3.05, 3.63) is 47.8 Å². The Bertz CT molecular complexity index is 1530. The normalized spacial score (nSPS) is 25.2. The number of anilines is 2. The van der Waals surface area contributed by atoms with Crippen molar-refractivity contribution in [2.45, 2.75) is 83.1 Å². The van der Waals surface area contributed by atoms with E-state index < -0.39 is 0 Å². The highest BCUT2D eigenvalue weighted by Crippen LogP contribution is 2.53. The summed E-state index contributed by atoms with van der Waals surface area (Å²) in [5.74, 6) is 0.962. The van der Waals surface area contributed by atoms with Gasteiger partial charge in [-0.2, -0.15) is 15.1 Å². The Kier molecular flexibility index (Phi) is 6.64. The number of amides is 1. The topological polar surface area (TPSA) is 93.7 Å². The number of likely N-dealkylation sites (N-methyl/N-ethyl adjacent to an activating group) is 1. The Balaban J connectivity index is 1.28. The molecule has 1 aromatic carbocycles. The molecule has 7 rings (SSSR count). The Morgan fingerprint density at radius 2 is 2.05 bits per heavy atom. The second kappa shape index (κ2) is 10.3. The van der Waals surface area contributed by atoms with Crippen LogP contribution >= 0.6 is 0 Å². The summed E-state index contributed by atoms with van der Waals surface area (Å²) in [6.45, 7) is 13.9. The van der Waals surface area contributed by atoms with Gasteiger partial charge in [-0.1, -0.05) is 12.6 Å². The van der Waals surface area contributed by atoms with Gasteiger partial charge in [-0.05, 0) is 77.8 Å². The molecule has 10 heteroatoms. The van der Waals surface area contributed by atoms with E-state index in [-0.39, 0.29) is 23.5 Å². The fourth-order valence-corrected chi connectivity index (χ4v) is 7.43. The van der Waals surface area contributed by atoms with Gasteiger partial charge >= 0.3 is 6.01 Å².